The number of benzene rings is 2. The topological polar surface area (TPSA) is 67.5 Å². The van der Waals surface area contributed by atoms with Crippen LogP contribution < -0.4 is 5.43 Å². The molecule has 0 aliphatic heterocycles. The Kier molecular flexibility index (Phi) is 6.56. The maximum absolute atomic E-state index is 13.1. The first-order valence-corrected chi connectivity index (χ1v) is 8.51. The lowest BCUT2D eigenvalue weighted by Gasteiger charge is -2.11. The second-order valence-corrected chi connectivity index (χ2v) is 6.56. The molecule has 0 fully saturated rings. The molecule has 0 atom stereocenters. The first-order chi connectivity index (χ1) is 13.1. The highest BCUT2D eigenvalue weighted by molar-refractivity contribution is 5.85. The second kappa shape index (κ2) is 8.69. The predicted octanol–water partition coefficient (Wildman–Crippen LogP) is 6.24. The minimum Gasteiger partial charge on any atom is -0.278 e. The molecule has 0 aromatic heterocycles. The summed E-state index contributed by atoms with van der Waals surface area (Å²) in [5.74, 6) is 0.425. The molecule has 0 saturated carbocycles. The molecule has 0 heterocycles. The number of hydrazone groups is 1. The summed E-state index contributed by atoms with van der Waals surface area (Å²) in [6, 6.07) is 10.4. The molecule has 0 saturated heterocycles. The van der Waals surface area contributed by atoms with Crippen LogP contribution in [0.5, 0.6) is 0 Å². The van der Waals surface area contributed by atoms with Crippen molar-refractivity contribution in [1.29, 1.82) is 0 Å². The molecule has 2 aromatic carbocycles. The van der Waals surface area contributed by atoms with Crippen molar-refractivity contribution in [1.82, 2.24) is 0 Å². The van der Waals surface area contributed by atoms with E-state index in [1.165, 1.54) is 11.8 Å². The van der Waals surface area contributed by atoms with Crippen LogP contribution in [0.25, 0.3) is 6.08 Å². The number of rotatable bonds is 6. The number of halogens is 3. The summed E-state index contributed by atoms with van der Waals surface area (Å²) in [6.45, 7) is 5.96. The van der Waals surface area contributed by atoms with Crippen LogP contribution in [0.4, 0.5) is 24.5 Å². The summed E-state index contributed by atoms with van der Waals surface area (Å²) in [7, 11) is 0. The van der Waals surface area contributed by atoms with Crippen molar-refractivity contribution >= 4 is 23.7 Å². The molecule has 0 amide bonds. The summed E-state index contributed by atoms with van der Waals surface area (Å²) in [5, 5.41) is 14.5. The third kappa shape index (κ3) is 5.67. The first-order valence-electron chi connectivity index (χ1n) is 8.51. The summed E-state index contributed by atoms with van der Waals surface area (Å²) >= 11 is 0. The molecular weight excluding hydrogens is 371 g/mol. The molecule has 28 heavy (non-hydrogen) atoms. The molecule has 148 valence electrons. The Morgan fingerprint density at radius 3 is 2.36 bits per heavy atom. The van der Waals surface area contributed by atoms with Crippen molar-refractivity contribution in [2.24, 2.45) is 5.10 Å². The predicted molar refractivity (Wildman–Crippen MR) is 104 cm³/mol. The van der Waals surface area contributed by atoms with E-state index in [2.05, 4.69) is 24.4 Å². The second-order valence-electron chi connectivity index (χ2n) is 6.56. The van der Waals surface area contributed by atoms with Crippen molar-refractivity contribution in [3.63, 3.8) is 0 Å². The van der Waals surface area contributed by atoms with Crippen molar-refractivity contribution < 1.29 is 18.1 Å². The van der Waals surface area contributed by atoms with Gasteiger partial charge in [-0.3, -0.25) is 15.5 Å². The van der Waals surface area contributed by atoms with Gasteiger partial charge in [0.1, 0.15) is 0 Å². The number of non-ortho nitro benzene ring substituents is 1. The Hall–Kier alpha value is -3.16. The van der Waals surface area contributed by atoms with Crippen LogP contribution in [0, 0.1) is 10.1 Å². The third-order valence-electron chi connectivity index (χ3n) is 3.97. The number of nitrogens with zero attached hydrogens (tertiary/aromatic N) is 2. The average molecular weight is 391 g/mol. The number of anilines is 1. The fourth-order valence-electron chi connectivity index (χ4n) is 2.46. The summed E-state index contributed by atoms with van der Waals surface area (Å²) in [5.41, 5.74) is 3.05. The van der Waals surface area contributed by atoms with Gasteiger partial charge in [-0.25, -0.2) is 0 Å². The van der Waals surface area contributed by atoms with Crippen LogP contribution in [-0.4, -0.2) is 11.1 Å². The normalized spacial score (nSPS) is 12.6. The number of nitro groups is 1. The fourth-order valence-corrected chi connectivity index (χ4v) is 2.46. The molecule has 5 nitrogen and oxygen atoms in total. The van der Waals surface area contributed by atoms with Crippen LogP contribution in [0.3, 0.4) is 0 Å². The first kappa shape index (κ1) is 21.1. The quantitative estimate of drug-likeness (QED) is 0.360. The van der Waals surface area contributed by atoms with Gasteiger partial charge in [0.05, 0.1) is 22.4 Å². The van der Waals surface area contributed by atoms with Crippen molar-refractivity contribution in [2.75, 3.05) is 5.43 Å². The third-order valence-corrected chi connectivity index (χ3v) is 3.97. The van der Waals surface area contributed by atoms with E-state index in [1.807, 2.05) is 30.3 Å². The number of alkyl halides is 3. The van der Waals surface area contributed by atoms with E-state index in [4.69, 9.17) is 0 Å². The van der Waals surface area contributed by atoms with Gasteiger partial charge in [-0.1, -0.05) is 44.2 Å². The van der Waals surface area contributed by atoms with Gasteiger partial charge in [-0.15, -0.1) is 0 Å². The Bertz CT molecular complexity index is 902. The molecule has 0 aliphatic carbocycles. The highest BCUT2D eigenvalue weighted by Crippen LogP contribution is 2.37. The highest BCUT2D eigenvalue weighted by Gasteiger charge is 2.35. The maximum Gasteiger partial charge on any atom is 0.418 e. The number of nitro benzene ring substituents is 1. The van der Waals surface area contributed by atoms with E-state index in [-0.39, 0.29) is 5.69 Å². The largest absolute Gasteiger partial charge is 0.418 e. The monoisotopic (exact) mass is 391 g/mol. The zero-order valence-corrected chi connectivity index (χ0v) is 15.6. The van der Waals surface area contributed by atoms with Crippen LogP contribution in [0.2, 0.25) is 0 Å². The van der Waals surface area contributed by atoms with Gasteiger partial charge in [0.25, 0.3) is 5.69 Å². The molecule has 2 aromatic rings. The van der Waals surface area contributed by atoms with Crippen molar-refractivity contribution in [2.45, 2.75) is 32.9 Å². The number of allylic oxidation sites excluding steroid dienone is 1. The molecule has 1 N–H and O–H groups in total. The summed E-state index contributed by atoms with van der Waals surface area (Å²) in [6.07, 6.45) is -1.51. The van der Waals surface area contributed by atoms with E-state index in [0.29, 0.717) is 12.0 Å². The average Bonchev–Trinajstić information content (AvgIpc) is 2.61. The van der Waals surface area contributed by atoms with Gasteiger partial charge < -0.3 is 0 Å². The fraction of sp³-hybridized carbons (Fsp3) is 0.250. The van der Waals surface area contributed by atoms with Gasteiger partial charge >= 0.3 is 6.18 Å². The van der Waals surface area contributed by atoms with Crippen LogP contribution in [0.15, 0.2) is 53.1 Å². The number of hydrogen-bond donors (Lipinski definition) is 1. The van der Waals surface area contributed by atoms with E-state index in [9.17, 15) is 23.3 Å². The molecule has 0 bridgehead atoms. The van der Waals surface area contributed by atoms with Crippen molar-refractivity contribution in [3.05, 3.63) is 74.8 Å². The van der Waals surface area contributed by atoms with Crippen molar-refractivity contribution in [3.8, 4) is 0 Å². The highest BCUT2D eigenvalue weighted by atomic mass is 19.4. The van der Waals surface area contributed by atoms with Gasteiger partial charge in [0, 0.05) is 12.1 Å². The minimum absolute atomic E-state index is 0.358. The van der Waals surface area contributed by atoms with Crippen LogP contribution >= 0.6 is 0 Å². The summed E-state index contributed by atoms with van der Waals surface area (Å²) < 4.78 is 39.4. The van der Waals surface area contributed by atoms with E-state index >= 15 is 0 Å². The molecule has 0 unspecified atom stereocenters. The molecule has 0 radical (unpaired) electrons. The molecule has 8 heteroatoms. The van der Waals surface area contributed by atoms with Gasteiger partial charge in [-0.2, -0.15) is 18.3 Å². The molecule has 0 spiro atoms. The van der Waals surface area contributed by atoms with Gasteiger partial charge in [-0.05, 0) is 35.6 Å². The van der Waals surface area contributed by atoms with Crippen LogP contribution in [-0.2, 0) is 6.18 Å². The van der Waals surface area contributed by atoms with E-state index in [1.54, 1.807) is 6.92 Å². The van der Waals surface area contributed by atoms with E-state index < -0.39 is 22.4 Å². The molecular formula is C20H20F3N3O2. The Morgan fingerprint density at radius 2 is 1.82 bits per heavy atom. The SMILES string of the molecule is CC(/C=N\Nc1ccc([N+](=O)[O-])cc1C(F)(F)F)=C\c1ccc(C(C)C)cc1. The standard InChI is InChI=1S/C20H20F3N3O2/c1-13(2)16-6-4-15(5-7-16)10-14(3)12-24-25-19-9-8-17(26(27)28)11-18(19)20(21,22)23/h4-13,25H,1-3H3/b14-10+,24-12-. The van der Waals surface area contributed by atoms with Gasteiger partial charge in [0.15, 0.2) is 0 Å². The zero-order valence-electron chi connectivity index (χ0n) is 15.6. The van der Waals surface area contributed by atoms with Gasteiger partial charge in [0.2, 0.25) is 0 Å². The zero-order chi connectivity index (χ0) is 20.9. The van der Waals surface area contributed by atoms with Crippen LogP contribution in [0.1, 0.15) is 43.4 Å². The summed E-state index contributed by atoms with van der Waals surface area (Å²) in [4.78, 5) is 9.83. The Labute approximate surface area is 160 Å². The number of hydrogen-bond acceptors (Lipinski definition) is 4. The molecule has 0 aliphatic rings. The van der Waals surface area contributed by atoms with E-state index in [0.717, 1.165) is 23.3 Å². The molecule has 2 rings (SSSR count). The minimum atomic E-state index is -4.74. The lowest BCUT2D eigenvalue weighted by Crippen LogP contribution is -2.09. The smallest absolute Gasteiger partial charge is 0.278 e. The maximum atomic E-state index is 13.1. The number of nitrogens with one attached hydrogen (secondary N) is 1. The Balaban J connectivity index is 2.16. The lowest BCUT2D eigenvalue weighted by atomic mass is 10.0. The lowest BCUT2D eigenvalue weighted by molar-refractivity contribution is -0.385. The Morgan fingerprint density at radius 1 is 1.18 bits per heavy atom.